The van der Waals surface area contributed by atoms with Gasteiger partial charge in [-0.1, -0.05) is 46.3 Å². The first-order chi connectivity index (χ1) is 9.61. The zero-order valence-electron chi connectivity index (χ0n) is 11.1. The van der Waals surface area contributed by atoms with Crippen molar-refractivity contribution in [2.24, 2.45) is 0 Å². The molecule has 0 aliphatic carbocycles. The predicted octanol–water partition coefficient (Wildman–Crippen LogP) is 4.13. The Labute approximate surface area is 126 Å². The molecular weight excluding hydrogens is 320 g/mol. The van der Waals surface area contributed by atoms with E-state index in [1.54, 1.807) is 18.2 Å². The summed E-state index contributed by atoms with van der Waals surface area (Å²) < 4.78 is 0. The molecule has 20 heavy (non-hydrogen) atoms. The molecule has 5 heteroatoms. The lowest BCUT2D eigenvalue weighted by Gasteiger charge is -2.22. The fraction of sp³-hybridized carbons (Fsp3) is 0.200. The van der Waals surface area contributed by atoms with E-state index in [9.17, 15) is 10.1 Å². The van der Waals surface area contributed by atoms with Gasteiger partial charge in [0.1, 0.15) is 0 Å². The molecule has 0 heterocycles. The van der Waals surface area contributed by atoms with Gasteiger partial charge >= 0.3 is 0 Å². The van der Waals surface area contributed by atoms with Crippen LogP contribution in [0.25, 0.3) is 0 Å². The van der Waals surface area contributed by atoms with Gasteiger partial charge < -0.3 is 4.90 Å². The fourth-order valence-electron chi connectivity index (χ4n) is 2.11. The molecule has 0 atom stereocenters. The maximum atomic E-state index is 10.8. The summed E-state index contributed by atoms with van der Waals surface area (Å²) in [6, 6.07) is 15.1. The third-order valence-corrected chi connectivity index (χ3v) is 3.70. The minimum absolute atomic E-state index is 0.122. The van der Waals surface area contributed by atoms with Crippen molar-refractivity contribution in [1.82, 2.24) is 0 Å². The lowest BCUT2D eigenvalue weighted by atomic mass is 10.1. The van der Waals surface area contributed by atoms with E-state index >= 15 is 0 Å². The monoisotopic (exact) mass is 334 g/mol. The van der Waals surface area contributed by atoms with E-state index in [4.69, 9.17) is 0 Å². The van der Waals surface area contributed by atoms with E-state index in [1.807, 2.05) is 25.2 Å². The highest BCUT2D eigenvalue weighted by Crippen LogP contribution is 2.27. The van der Waals surface area contributed by atoms with E-state index in [-0.39, 0.29) is 10.6 Å². The van der Waals surface area contributed by atoms with Crippen molar-refractivity contribution < 1.29 is 4.92 Å². The number of hydrogen-bond donors (Lipinski definition) is 0. The highest BCUT2D eigenvalue weighted by Gasteiger charge is 2.13. The molecule has 0 aromatic heterocycles. The second-order valence-electron chi connectivity index (χ2n) is 4.55. The molecule has 2 aromatic carbocycles. The Morgan fingerprint density at radius 1 is 1.20 bits per heavy atom. The van der Waals surface area contributed by atoms with E-state index < -0.39 is 0 Å². The molecule has 104 valence electrons. The molecule has 0 spiro atoms. The molecular formula is C15H15BrN2O2. The minimum Gasteiger partial charge on any atom is -0.370 e. The van der Waals surface area contributed by atoms with Crippen LogP contribution in [-0.2, 0) is 11.9 Å². The van der Waals surface area contributed by atoms with Crippen LogP contribution in [0, 0.1) is 10.1 Å². The molecule has 0 bridgehead atoms. The van der Waals surface area contributed by atoms with Gasteiger partial charge in [-0.2, -0.15) is 0 Å². The van der Waals surface area contributed by atoms with Crippen molar-refractivity contribution >= 4 is 27.3 Å². The lowest BCUT2D eigenvalue weighted by molar-refractivity contribution is -0.384. The second kappa shape index (κ2) is 6.52. The Morgan fingerprint density at radius 3 is 2.50 bits per heavy atom. The fourth-order valence-corrected chi connectivity index (χ4v) is 2.56. The van der Waals surface area contributed by atoms with Crippen LogP contribution in [-0.4, -0.2) is 12.0 Å². The van der Waals surface area contributed by atoms with Gasteiger partial charge in [-0.15, -0.1) is 0 Å². The van der Waals surface area contributed by atoms with Crippen molar-refractivity contribution in [3.05, 3.63) is 69.8 Å². The Kier molecular flexibility index (Phi) is 4.74. The molecule has 2 rings (SSSR count). The summed E-state index contributed by atoms with van der Waals surface area (Å²) in [5.41, 5.74) is 3.24. The first-order valence-corrected chi connectivity index (χ1v) is 7.32. The number of nitro benzene ring substituents is 1. The molecule has 0 radical (unpaired) electrons. The quantitative estimate of drug-likeness (QED) is 0.469. The molecule has 0 saturated carbocycles. The van der Waals surface area contributed by atoms with Crippen molar-refractivity contribution in [2.45, 2.75) is 11.9 Å². The van der Waals surface area contributed by atoms with Crippen LogP contribution in [0.15, 0.2) is 48.5 Å². The maximum Gasteiger partial charge on any atom is 0.269 e. The molecule has 0 N–H and O–H groups in total. The predicted molar refractivity (Wildman–Crippen MR) is 84.3 cm³/mol. The number of hydrogen-bond acceptors (Lipinski definition) is 3. The zero-order valence-corrected chi connectivity index (χ0v) is 12.7. The number of non-ortho nitro benzene ring substituents is 1. The normalized spacial score (nSPS) is 10.3. The SMILES string of the molecule is CN(Cc1ccccc1)c1ccc([N+](=O)[O-])cc1CBr. The maximum absolute atomic E-state index is 10.8. The van der Waals surface area contributed by atoms with Crippen molar-refractivity contribution in [3.8, 4) is 0 Å². The van der Waals surface area contributed by atoms with Crippen LogP contribution >= 0.6 is 15.9 Å². The standard InChI is InChI=1S/C15H15BrN2O2/c1-17(11-12-5-3-2-4-6-12)15-8-7-14(18(19)20)9-13(15)10-16/h2-9H,10-11H2,1H3. The smallest absolute Gasteiger partial charge is 0.269 e. The number of anilines is 1. The summed E-state index contributed by atoms with van der Waals surface area (Å²) in [5, 5.41) is 11.4. The van der Waals surface area contributed by atoms with Crippen LogP contribution < -0.4 is 4.90 Å². The Hall–Kier alpha value is -1.88. The molecule has 0 aliphatic rings. The van der Waals surface area contributed by atoms with Crippen LogP contribution in [0.2, 0.25) is 0 Å². The third kappa shape index (κ3) is 3.36. The van der Waals surface area contributed by atoms with Gasteiger partial charge in [0.2, 0.25) is 0 Å². The molecule has 2 aromatic rings. The zero-order chi connectivity index (χ0) is 14.5. The average Bonchev–Trinajstić information content (AvgIpc) is 2.47. The third-order valence-electron chi connectivity index (χ3n) is 3.09. The van der Waals surface area contributed by atoms with E-state index in [0.717, 1.165) is 17.8 Å². The van der Waals surface area contributed by atoms with Crippen molar-refractivity contribution in [1.29, 1.82) is 0 Å². The van der Waals surface area contributed by atoms with Crippen molar-refractivity contribution in [3.63, 3.8) is 0 Å². The number of halogens is 1. The lowest BCUT2D eigenvalue weighted by Crippen LogP contribution is -2.17. The van der Waals surface area contributed by atoms with Crippen LogP contribution in [0.1, 0.15) is 11.1 Å². The molecule has 0 fully saturated rings. The summed E-state index contributed by atoms with van der Waals surface area (Å²) >= 11 is 3.40. The Morgan fingerprint density at radius 2 is 1.90 bits per heavy atom. The van der Waals surface area contributed by atoms with Gasteiger partial charge in [-0.25, -0.2) is 0 Å². The van der Waals surface area contributed by atoms with E-state index in [0.29, 0.717) is 5.33 Å². The number of rotatable bonds is 5. The highest BCUT2D eigenvalue weighted by molar-refractivity contribution is 9.08. The van der Waals surface area contributed by atoms with Crippen LogP contribution in [0.5, 0.6) is 0 Å². The van der Waals surface area contributed by atoms with E-state index in [2.05, 4.69) is 33.0 Å². The summed E-state index contributed by atoms with van der Waals surface area (Å²) in [5.74, 6) is 0. The Bertz CT molecular complexity index is 602. The largest absolute Gasteiger partial charge is 0.370 e. The summed E-state index contributed by atoms with van der Waals surface area (Å²) in [7, 11) is 1.99. The van der Waals surface area contributed by atoms with Gasteiger partial charge in [0.05, 0.1) is 4.92 Å². The molecule has 0 saturated heterocycles. The summed E-state index contributed by atoms with van der Waals surface area (Å²) in [6.07, 6.45) is 0. The first-order valence-electron chi connectivity index (χ1n) is 6.20. The number of nitro groups is 1. The molecule has 0 unspecified atom stereocenters. The molecule has 0 aliphatic heterocycles. The van der Waals surface area contributed by atoms with E-state index in [1.165, 1.54) is 5.56 Å². The summed E-state index contributed by atoms with van der Waals surface area (Å²) in [6.45, 7) is 0.763. The highest BCUT2D eigenvalue weighted by atomic mass is 79.9. The minimum atomic E-state index is -0.368. The van der Waals surface area contributed by atoms with Crippen molar-refractivity contribution in [2.75, 3.05) is 11.9 Å². The molecule has 4 nitrogen and oxygen atoms in total. The number of alkyl halides is 1. The van der Waals surface area contributed by atoms with Crippen LogP contribution in [0.4, 0.5) is 11.4 Å². The number of benzene rings is 2. The van der Waals surface area contributed by atoms with Gasteiger partial charge in [-0.05, 0) is 17.2 Å². The summed E-state index contributed by atoms with van der Waals surface area (Å²) in [4.78, 5) is 12.5. The van der Waals surface area contributed by atoms with Gasteiger partial charge in [0, 0.05) is 36.7 Å². The van der Waals surface area contributed by atoms with Gasteiger partial charge in [0.15, 0.2) is 0 Å². The van der Waals surface area contributed by atoms with Gasteiger partial charge in [0.25, 0.3) is 5.69 Å². The first kappa shape index (κ1) is 14.5. The topological polar surface area (TPSA) is 46.4 Å². The Balaban J connectivity index is 2.25. The second-order valence-corrected chi connectivity index (χ2v) is 5.11. The molecule has 0 amide bonds. The van der Waals surface area contributed by atoms with Crippen LogP contribution in [0.3, 0.4) is 0 Å². The number of nitrogens with zero attached hydrogens (tertiary/aromatic N) is 2. The van der Waals surface area contributed by atoms with Gasteiger partial charge in [-0.3, -0.25) is 10.1 Å². The average molecular weight is 335 g/mol.